The molecule has 0 amide bonds. The van der Waals surface area contributed by atoms with E-state index in [2.05, 4.69) is 8.83 Å². The van der Waals surface area contributed by atoms with E-state index < -0.39 is 15.6 Å². The maximum absolute atomic E-state index is 10.4. The van der Waals surface area contributed by atoms with Gasteiger partial charge in [0, 0.05) is 0 Å². The molecule has 3 N–H and O–H groups in total. The van der Waals surface area contributed by atoms with Crippen LogP contribution in [0.3, 0.4) is 0 Å². The molecule has 0 aromatic heterocycles. The fourth-order valence-electron chi connectivity index (χ4n) is 0.242. The summed E-state index contributed by atoms with van der Waals surface area (Å²) in [6.45, 7) is 0. The van der Waals surface area contributed by atoms with Gasteiger partial charge in [-0.15, -0.1) is 0 Å². The van der Waals surface area contributed by atoms with E-state index in [0.717, 1.165) is 5.94 Å². The van der Waals surface area contributed by atoms with Gasteiger partial charge in [-0.25, -0.2) is 13.9 Å². The minimum Gasteiger partial charge on any atom is -0.400 e. The Balaban J connectivity index is 4.34. The monoisotopic (exact) mass is 218 g/mol. The predicted octanol–water partition coefficient (Wildman–Crippen LogP) is -0.442. The molecule has 0 saturated carbocycles. The highest BCUT2D eigenvalue weighted by Gasteiger charge is 2.32. The molecule has 12 heavy (non-hydrogen) atoms. The molecule has 10 heteroatoms. The van der Waals surface area contributed by atoms with Crippen molar-refractivity contribution in [3.8, 4) is 0 Å². The maximum atomic E-state index is 10.4. The third-order valence-corrected chi connectivity index (χ3v) is 2.49. The Morgan fingerprint density at radius 3 is 2.08 bits per heavy atom. The largest absolute Gasteiger partial charge is 0.536 e. The lowest BCUT2D eigenvalue weighted by Crippen LogP contribution is -1.88. The van der Waals surface area contributed by atoms with Crippen molar-refractivity contribution in [1.82, 2.24) is 0 Å². The van der Waals surface area contributed by atoms with Crippen LogP contribution >= 0.6 is 15.6 Å². The highest BCUT2D eigenvalue weighted by molar-refractivity contribution is 7.60. The lowest BCUT2D eigenvalue weighted by molar-refractivity contribution is 0.217. The lowest BCUT2D eigenvalue weighted by Gasteiger charge is -2.08. The van der Waals surface area contributed by atoms with E-state index in [4.69, 9.17) is 14.7 Å². The summed E-state index contributed by atoms with van der Waals surface area (Å²) < 4.78 is 27.2. The number of hydrogen-bond donors (Lipinski definition) is 3. The standard InChI is InChI=1S/C2H4O8P2/c3-1-2-9-12(7,8)10-11(4,5)6/h2H,(H,7,8)(H2,4,5,6). The molecule has 0 fully saturated rings. The summed E-state index contributed by atoms with van der Waals surface area (Å²) in [5, 5.41) is 0. The first-order valence-electron chi connectivity index (χ1n) is 2.24. The molecule has 0 bridgehead atoms. The average molecular weight is 218 g/mol. The molecule has 0 aliphatic rings. The van der Waals surface area contributed by atoms with Gasteiger partial charge in [0.25, 0.3) is 0 Å². The van der Waals surface area contributed by atoms with Crippen molar-refractivity contribution in [2.45, 2.75) is 0 Å². The molecular weight excluding hydrogens is 214 g/mol. The number of phosphoric ester groups is 1. The van der Waals surface area contributed by atoms with Gasteiger partial charge in [-0.2, -0.15) is 4.31 Å². The van der Waals surface area contributed by atoms with E-state index in [9.17, 15) is 13.9 Å². The van der Waals surface area contributed by atoms with Gasteiger partial charge in [-0.1, -0.05) is 0 Å². The minimum atomic E-state index is -5.12. The van der Waals surface area contributed by atoms with Crippen LogP contribution in [-0.4, -0.2) is 20.6 Å². The Hall–Kier alpha value is -0.450. The lowest BCUT2D eigenvalue weighted by atomic mass is 11.1. The zero-order valence-corrected chi connectivity index (χ0v) is 7.14. The van der Waals surface area contributed by atoms with E-state index in [-0.39, 0.29) is 6.26 Å². The topological polar surface area (TPSA) is 130 Å². The summed E-state index contributed by atoms with van der Waals surface area (Å²) in [6, 6.07) is 0. The minimum absolute atomic E-state index is 0.108. The van der Waals surface area contributed by atoms with Crippen LogP contribution in [0.15, 0.2) is 6.26 Å². The Kier molecular flexibility index (Phi) is 3.83. The molecule has 0 heterocycles. The SMILES string of the molecule is O=C=COP(=O)(O)OP(=O)(O)O. The first-order chi connectivity index (χ1) is 5.27. The van der Waals surface area contributed by atoms with E-state index >= 15 is 0 Å². The van der Waals surface area contributed by atoms with Crippen molar-refractivity contribution in [3.63, 3.8) is 0 Å². The third kappa shape index (κ3) is 6.27. The fourth-order valence-corrected chi connectivity index (χ4v) is 1.65. The van der Waals surface area contributed by atoms with Crippen LogP contribution in [0.5, 0.6) is 0 Å². The number of rotatable bonds is 4. The summed E-state index contributed by atoms with van der Waals surface area (Å²) in [6.07, 6.45) is 0.108. The average Bonchev–Trinajstić information content (AvgIpc) is 1.78. The van der Waals surface area contributed by atoms with Crippen LogP contribution in [0, 0.1) is 0 Å². The summed E-state index contributed by atoms with van der Waals surface area (Å²) in [4.78, 5) is 33.9. The maximum Gasteiger partial charge on any atom is 0.536 e. The second kappa shape index (κ2) is 3.98. The van der Waals surface area contributed by atoms with Crippen molar-refractivity contribution in [3.05, 3.63) is 6.26 Å². The van der Waals surface area contributed by atoms with Crippen molar-refractivity contribution in [2.75, 3.05) is 0 Å². The molecule has 0 aliphatic heterocycles. The van der Waals surface area contributed by atoms with Crippen molar-refractivity contribution >= 4 is 21.6 Å². The first kappa shape index (κ1) is 11.6. The quantitative estimate of drug-likeness (QED) is 0.328. The number of carbonyl (C=O) groups excluding carboxylic acids is 1. The Bertz CT molecular complexity index is 281. The second-order valence-electron chi connectivity index (χ2n) is 1.38. The molecule has 0 spiro atoms. The van der Waals surface area contributed by atoms with E-state index in [1.165, 1.54) is 0 Å². The number of hydrogen-bond acceptors (Lipinski definition) is 5. The summed E-state index contributed by atoms with van der Waals surface area (Å²) in [5.74, 6) is 0.947. The molecule has 1 atom stereocenters. The van der Waals surface area contributed by atoms with Crippen molar-refractivity contribution in [1.29, 1.82) is 0 Å². The molecule has 1 unspecified atom stereocenters. The van der Waals surface area contributed by atoms with Crippen LogP contribution in [0.2, 0.25) is 0 Å². The molecule has 0 rings (SSSR count). The highest BCUT2D eigenvalue weighted by Crippen LogP contribution is 2.57. The molecule has 70 valence electrons. The normalized spacial score (nSPS) is 15.9. The van der Waals surface area contributed by atoms with Crippen LogP contribution in [-0.2, 0) is 22.8 Å². The summed E-state index contributed by atoms with van der Waals surface area (Å²) in [5.41, 5.74) is 0. The van der Waals surface area contributed by atoms with Gasteiger partial charge in [0.15, 0.2) is 12.2 Å². The molecule has 0 aliphatic carbocycles. The molecule has 0 radical (unpaired) electrons. The fraction of sp³-hybridized carbons (Fsp3) is 0. The predicted molar refractivity (Wildman–Crippen MR) is 34.3 cm³/mol. The van der Waals surface area contributed by atoms with Gasteiger partial charge in [0.05, 0.1) is 0 Å². The van der Waals surface area contributed by atoms with Gasteiger partial charge in [0.1, 0.15) is 0 Å². The number of phosphoric acid groups is 2. The molecule has 8 nitrogen and oxygen atoms in total. The van der Waals surface area contributed by atoms with E-state index in [1.54, 1.807) is 0 Å². The zero-order chi connectivity index (χ0) is 9.83. The van der Waals surface area contributed by atoms with Crippen LogP contribution in [0.25, 0.3) is 0 Å². The molecule has 0 aromatic carbocycles. The Morgan fingerprint density at radius 1 is 1.25 bits per heavy atom. The van der Waals surface area contributed by atoms with Gasteiger partial charge >= 0.3 is 15.6 Å². The van der Waals surface area contributed by atoms with Crippen LogP contribution in [0.4, 0.5) is 0 Å². The smallest absolute Gasteiger partial charge is 0.400 e. The van der Waals surface area contributed by atoms with E-state index in [1.807, 2.05) is 0 Å². The summed E-state index contributed by atoms with van der Waals surface area (Å²) >= 11 is 0. The Labute approximate surface area is 66.3 Å². The molecule has 0 aromatic rings. The highest BCUT2D eigenvalue weighted by atomic mass is 31.3. The van der Waals surface area contributed by atoms with Crippen molar-refractivity contribution in [2.24, 2.45) is 0 Å². The zero-order valence-electron chi connectivity index (χ0n) is 5.35. The van der Waals surface area contributed by atoms with Crippen molar-refractivity contribution < 1.29 is 37.4 Å². The van der Waals surface area contributed by atoms with Crippen LogP contribution < -0.4 is 0 Å². The van der Waals surface area contributed by atoms with Crippen LogP contribution in [0.1, 0.15) is 0 Å². The molecular formula is C2H4O8P2. The van der Waals surface area contributed by atoms with Gasteiger partial charge in [-0.3, -0.25) is 4.89 Å². The van der Waals surface area contributed by atoms with Gasteiger partial charge in [0.2, 0.25) is 0 Å². The second-order valence-corrected chi connectivity index (χ2v) is 4.16. The third-order valence-electron chi connectivity index (χ3n) is 0.444. The first-order valence-corrected chi connectivity index (χ1v) is 5.27. The van der Waals surface area contributed by atoms with Gasteiger partial charge < -0.3 is 14.3 Å². The Morgan fingerprint density at radius 2 is 1.75 bits per heavy atom. The molecule has 0 saturated heterocycles. The van der Waals surface area contributed by atoms with Gasteiger partial charge in [-0.05, 0) is 0 Å². The van der Waals surface area contributed by atoms with E-state index in [0.29, 0.717) is 0 Å². The summed E-state index contributed by atoms with van der Waals surface area (Å²) in [7, 11) is -10.0.